The summed E-state index contributed by atoms with van der Waals surface area (Å²) in [5.41, 5.74) is -0.0112. The Hall–Kier alpha value is -5.06. The highest BCUT2D eigenvalue weighted by molar-refractivity contribution is 6.14. The molecule has 1 atom stereocenters. The fourth-order valence-electron chi connectivity index (χ4n) is 4.43. The number of nitrogens with one attached hydrogen (secondary N) is 1. The molecule has 1 N–H and O–H groups in total. The fourth-order valence-corrected chi connectivity index (χ4v) is 4.43. The Bertz CT molecular complexity index is 1490. The van der Waals surface area contributed by atoms with Crippen LogP contribution in [-0.4, -0.2) is 45.9 Å². The van der Waals surface area contributed by atoms with E-state index in [9.17, 15) is 27.6 Å². The van der Waals surface area contributed by atoms with Crippen molar-refractivity contribution in [1.29, 1.82) is 0 Å². The van der Waals surface area contributed by atoms with Gasteiger partial charge in [-0.25, -0.2) is 0 Å². The van der Waals surface area contributed by atoms with E-state index in [4.69, 9.17) is 18.9 Å². The number of carbonyl (C=O) groups excluding carboxylic acids is 3. The highest BCUT2D eigenvalue weighted by Gasteiger charge is 2.36. The third kappa shape index (κ3) is 8.50. The summed E-state index contributed by atoms with van der Waals surface area (Å²) in [6.07, 6.45) is 0.438. The van der Waals surface area contributed by atoms with Gasteiger partial charge in [0.25, 0.3) is 0 Å². The molecule has 0 heterocycles. The van der Waals surface area contributed by atoms with Gasteiger partial charge in [0.15, 0.2) is 34.6 Å². The zero-order valence-corrected chi connectivity index (χ0v) is 24.7. The largest absolute Gasteiger partial charge is 0.493 e. The summed E-state index contributed by atoms with van der Waals surface area (Å²) in [6.45, 7) is 1.14. The number of carbonyl (C=O) groups is 3. The van der Waals surface area contributed by atoms with Crippen molar-refractivity contribution < 1.29 is 46.5 Å². The van der Waals surface area contributed by atoms with Crippen LogP contribution < -0.4 is 24.3 Å². The molecule has 1 amide bonds. The van der Waals surface area contributed by atoms with Gasteiger partial charge in [-0.1, -0.05) is 36.4 Å². The van der Waals surface area contributed by atoms with Gasteiger partial charge in [0.2, 0.25) is 5.91 Å². The first-order chi connectivity index (χ1) is 20.9. The number of halogens is 3. The molecule has 0 fully saturated rings. The number of rotatable bonds is 13. The van der Waals surface area contributed by atoms with E-state index >= 15 is 0 Å². The molecule has 0 radical (unpaired) electrons. The van der Waals surface area contributed by atoms with Crippen LogP contribution in [0, 0.1) is 5.92 Å². The van der Waals surface area contributed by atoms with Gasteiger partial charge in [0.1, 0.15) is 5.92 Å². The first-order valence-electron chi connectivity index (χ1n) is 13.2. The maximum absolute atomic E-state index is 13.7. The van der Waals surface area contributed by atoms with Crippen LogP contribution in [0.2, 0.25) is 0 Å². The molecule has 11 heteroatoms. The van der Waals surface area contributed by atoms with Gasteiger partial charge in [-0.3, -0.25) is 14.4 Å². The van der Waals surface area contributed by atoms with Gasteiger partial charge >= 0.3 is 6.18 Å². The lowest BCUT2D eigenvalue weighted by molar-refractivity contribution is -0.137. The molecule has 0 aliphatic heterocycles. The van der Waals surface area contributed by atoms with Crippen molar-refractivity contribution in [2.75, 3.05) is 28.4 Å². The van der Waals surface area contributed by atoms with Crippen molar-refractivity contribution >= 4 is 29.6 Å². The number of amides is 1. The van der Waals surface area contributed by atoms with Crippen molar-refractivity contribution in [2.45, 2.75) is 19.1 Å². The third-order valence-corrected chi connectivity index (χ3v) is 6.57. The summed E-state index contributed by atoms with van der Waals surface area (Å²) in [5, 5.41) is 2.51. The van der Waals surface area contributed by atoms with Crippen LogP contribution in [0.1, 0.15) is 35.2 Å². The molecule has 0 aromatic heterocycles. The summed E-state index contributed by atoms with van der Waals surface area (Å²) in [4.78, 5) is 39.6. The van der Waals surface area contributed by atoms with E-state index in [-0.39, 0.29) is 5.56 Å². The second kappa shape index (κ2) is 14.9. The molecular formula is C33H32F3NO7. The Morgan fingerprint density at radius 1 is 0.705 bits per heavy atom. The van der Waals surface area contributed by atoms with Crippen molar-refractivity contribution in [3.05, 3.63) is 95.1 Å². The molecule has 0 saturated carbocycles. The van der Waals surface area contributed by atoms with Gasteiger partial charge in [-0.05, 0) is 65.2 Å². The van der Waals surface area contributed by atoms with Gasteiger partial charge in [-0.2, -0.15) is 13.2 Å². The number of methoxy groups -OCH3 is 4. The van der Waals surface area contributed by atoms with Crippen LogP contribution in [0.5, 0.6) is 23.0 Å². The lowest BCUT2D eigenvalue weighted by Crippen LogP contribution is -2.39. The van der Waals surface area contributed by atoms with Crippen molar-refractivity contribution in [3.8, 4) is 23.0 Å². The summed E-state index contributed by atoms with van der Waals surface area (Å²) >= 11 is 0. The number of hydrogen-bond acceptors (Lipinski definition) is 7. The Morgan fingerprint density at radius 2 is 1.18 bits per heavy atom. The van der Waals surface area contributed by atoms with Crippen LogP contribution in [0.3, 0.4) is 0 Å². The molecule has 0 saturated heterocycles. The van der Waals surface area contributed by atoms with E-state index in [1.807, 2.05) is 0 Å². The molecule has 1 unspecified atom stereocenters. The monoisotopic (exact) mass is 611 g/mol. The molecule has 44 heavy (non-hydrogen) atoms. The Balaban J connectivity index is 2.09. The standard InChI is InChI=1S/C33H32F3NO7/c1-20(38)37-32(23-7-6-8-24(19-23)33(34,35)36)31(25(39)13-9-21-11-15-27(41-2)29(17-21)43-4)26(40)14-10-22-12-16-28(42-3)30(18-22)44-5/h6-19,31-32H,1-5H3,(H,37,38). The van der Waals surface area contributed by atoms with Gasteiger partial charge in [-0.15, -0.1) is 0 Å². The van der Waals surface area contributed by atoms with Crippen LogP contribution in [0.4, 0.5) is 13.2 Å². The number of allylic oxidation sites excluding steroid dienone is 2. The topological polar surface area (TPSA) is 100 Å². The average Bonchev–Trinajstić information content (AvgIpc) is 3.01. The summed E-state index contributed by atoms with van der Waals surface area (Å²) in [5.74, 6) is -2.06. The molecule has 3 rings (SSSR count). The minimum Gasteiger partial charge on any atom is -0.493 e. The predicted molar refractivity (Wildman–Crippen MR) is 159 cm³/mol. The highest BCUT2D eigenvalue weighted by Crippen LogP contribution is 2.34. The summed E-state index contributed by atoms with van der Waals surface area (Å²) in [7, 11) is 5.84. The fraction of sp³-hybridized carbons (Fsp3) is 0.242. The third-order valence-electron chi connectivity index (χ3n) is 6.57. The zero-order valence-electron chi connectivity index (χ0n) is 24.7. The van der Waals surface area contributed by atoms with E-state index in [1.165, 1.54) is 46.7 Å². The predicted octanol–water partition coefficient (Wildman–Crippen LogP) is 6.10. The quantitative estimate of drug-likeness (QED) is 0.184. The highest BCUT2D eigenvalue weighted by atomic mass is 19.4. The summed E-state index contributed by atoms with van der Waals surface area (Å²) < 4.78 is 61.8. The Labute approximate surface area is 253 Å². The lowest BCUT2D eigenvalue weighted by atomic mass is 9.84. The van der Waals surface area contributed by atoms with E-state index in [2.05, 4.69) is 5.32 Å². The van der Waals surface area contributed by atoms with E-state index < -0.39 is 41.2 Å². The van der Waals surface area contributed by atoms with Crippen LogP contribution in [-0.2, 0) is 20.6 Å². The SMILES string of the molecule is COc1ccc(C=CC(=O)C(C(=O)C=Cc2ccc(OC)c(OC)c2)C(NC(C)=O)c2cccc(C(F)(F)F)c2)cc1OC. The van der Waals surface area contributed by atoms with Crippen LogP contribution in [0.25, 0.3) is 12.2 Å². The van der Waals surface area contributed by atoms with Gasteiger partial charge in [0.05, 0.1) is 40.0 Å². The molecule has 3 aromatic rings. The number of ether oxygens (including phenoxy) is 4. The lowest BCUT2D eigenvalue weighted by Gasteiger charge is -2.25. The van der Waals surface area contributed by atoms with Gasteiger partial charge in [0, 0.05) is 6.92 Å². The second-order valence-electron chi connectivity index (χ2n) is 9.48. The second-order valence-corrected chi connectivity index (χ2v) is 9.48. The number of alkyl halides is 3. The van der Waals surface area contributed by atoms with Crippen LogP contribution in [0.15, 0.2) is 72.8 Å². The van der Waals surface area contributed by atoms with Gasteiger partial charge < -0.3 is 24.3 Å². The Kier molecular flexibility index (Phi) is 11.3. The number of benzene rings is 3. The molecule has 0 aliphatic rings. The smallest absolute Gasteiger partial charge is 0.416 e. The summed E-state index contributed by atoms with van der Waals surface area (Å²) in [6, 6.07) is 12.5. The minimum absolute atomic E-state index is 0.0687. The minimum atomic E-state index is -4.69. The number of ketones is 2. The molecule has 0 bridgehead atoms. The first kappa shape index (κ1) is 33.4. The molecule has 3 aromatic carbocycles. The maximum atomic E-state index is 13.7. The maximum Gasteiger partial charge on any atom is 0.416 e. The van der Waals surface area contributed by atoms with E-state index in [1.54, 1.807) is 36.4 Å². The molecule has 8 nitrogen and oxygen atoms in total. The molecule has 0 aliphatic carbocycles. The van der Waals surface area contributed by atoms with Crippen molar-refractivity contribution in [2.24, 2.45) is 5.92 Å². The van der Waals surface area contributed by atoms with E-state index in [0.29, 0.717) is 34.1 Å². The van der Waals surface area contributed by atoms with Crippen molar-refractivity contribution in [3.63, 3.8) is 0 Å². The van der Waals surface area contributed by atoms with E-state index in [0.717, 1.165) is 37.3 Å². The first-order valence-corrected chi connectivity index (χ1v) is 13.2. The average molecular weight is 612 g/mol. The van der Waals surface area contributed by atoms with Crippen LogP contribution >= 0.6 is 0 Å². The molecule has 0 spiro atoms. The molecular weight excluding hydrogens is 579 g/mol. The zero-order chi connectivity index (χ0) is 32.4. The Morgan fingerprint density at radius 3 is 1.59 bits per heavy atom. The normalized spacial score (nSPS) is 12.9. The molecule has 232 valence electrons. The number of hydrogen-bond donors (Lipinski definition) is 1. The van der Waals surface area contributed by atoms with Crippen molar-refractivity contribution in [1.82, 2.24) is 5.32 Å².